The van der Waals surface area contributed by atoms with E-state index >= 15 is 0 Å². The Kier molecular flexibility index (Phi) is 16.6. The van der Waals surface area contributed by atoms with Crippen LogP contribution in [-0.4, -0.2) is 12.6 Å². The Balaban J connectivity index is 3.19. The lowest BCUT2D eigenvalue weighted by Gasteiger charge is -2.02. The molecule has 124 valence electrons. The van der Waals surface area contributed by atoms with Crippen LogP contribution in [0.25, 0.3) is 0 Å². The summed E-state index contributed by atoms with van der Waals surface area (Å²) in [5, 5.41) is 0. The van der Waals surface area contributed by atoms with E-state index in [-0.39, 0.29) is 5.97 Å². The Bertz CT molecular complexity index is 246. The van der Waals surface area contributed by atoms with Gasteiger partial charge < -0.3 is 4.74 Å². The van der Waals surface area contributed by atoms with E-state index in [1.165, 1.54) is 44.9 Å². The van der Waals surface area contributed by atoms with Crippen LogP contribution < -0.4 is 0 Å². The van der Waals surface area contributed by atoms with Gasteiger partial charge in [-0.3, -0.25) is 4.79 Å². The summed E-state index contributed by atoms with van der Waals surface area (Å²) in [4.78, 5) is 11.4. The summed E-state index contributed by atoms with van der Waals surface area (Å²) in [6.07, 6.45) is 19.8. The number of unbranched alkanes of at least 4 members (excludes halogenated alkanes) is 9. The van der Waals surface area contributed by atoms with Crippen molar-refractivity contribution in [2.75, 3.05) is 6.61 Å². The van der Waals surface area contributed by atoms with Gasteiger partial charge in [0, 0.05) is 6.42 Å². The van der Waals surface area contributed by atoms with Crippen LogP contribution in [0.1, 0.15) is 97.3 Å². The molecule has 0 fully saturated rings. The molecule has 0 atom stereocenters. The van der Waals surface area contributed by atoms with Crippen molar-refractivity contribution in [3.63, 3.8) is 0 Å². The molecule has 0 saturated heterocycles. The van der Waals surface area contributed by atoms with Crippen molar-refractivity contribution in [2.24, 2.45) is 0 Å². The van der Waals surface area contributed by atoms with Gasteiger partial charge in [0.1, 0.15) is 0 Å². The second-order valence-corrected chi connectivity index (χ2v) is 5.85. The van der Waals surface area contributed by atoms with Gasteiger partial charge in [0.25, 0.3) is 0 Å². The molecule has 0 amide bonds. The number of hydrogen-bond donors (Lipinski definition) is 0. The fourth-order valence-corrected chi connectivity index (χ4v) is 2.21. The number of allylic oxidation sites excluding steroid dienone is 2. The number of esters is 1. The number of rotatable bonds is 15. The normalized spacial score (nSPS) is 11.1. The summed E-state index contributed by atoms with van der Waals surface area (Å²) < 4.78 is 5.13. The minimum atomic E-state index is -0.0282. The van der Waals surface area contributed by atoms with Crippen LogP contribution in [0.15, 0.2) is 12.2 Å². The SMILES string of the molecule is CCCCCCCCC=CCCCCC(=O)OCCCC. The molecular weight excluding hydrogens is 260 g/mol. The van der Waals surface area contributed by atoms with Gasteiger partial charge in [0.2, 0.25) is 0 Å². The highest BCUT2D eigenvalue weighted by Crippen LogP contribution is 2.08. The highest BCUT2D eigenvalue weighted by Gasteiger charge is 2.00. The second-order valence-electron chi connectivity index (χ2n) is 5.85. The fraction of sp³-hybridized carbons (Fsp3) is 0.842. The Labute approximate surface area is 132 Å². The summed E-state index contributed by atoms with van der Waals surface area (Å²) in [7, 11) is 0. The van der Waals surface area contributed by atoms with Crippen LogP contribution in [-0.2, 0) is 9.53 Å². The maximum absolute atomic E-state index is 11.4. The van der Waals surface area contributed by atoms with Crippen LogP contribution in [0, 0.1) is 0 Å². The van der Waals surface area contributed by atoms with E-state index in [2.05, 4.69) is 26.0 Å². The Morgan fingerprint density at radius 1 is 0.762 bits per heavy atom. The first-order chi connectivity index (χ1) is 10.3. The standard InChI is InChI=1S/C19H36O2/c1-3-5-7-8-9-10-11-12-13-14-15-16-17-19(20)21-18-6-4-2/h12-13H,3-11,14-18H2,1-2H3. The third-order valence-electron chi connectivity index (χ3n) is 3.65. The minimum absolute atomic E-state index is 0.0282. The van der Waals surface area contributed by atoms with Crippen LogP contribution in [0.2, 0.25) is 0 Å². The van der Waals surface area contributed by atoms with Crippen molar-refractivity contribution in [3.05, 3.63) is 12.2 Å². The van der Waals surface area contributed by atoms with Crippen molar-refractivity contribution in [1.29, 1.82) is 0 Å². The van der Waals surface area contributed by atoms with Gasteiger partial charge in [-0.15, -0.1) is 0 Å². The summed E-state index contributed by atoms with van der Waals surface area (Å²) in [5.74, 6) is -0.0282. The van der Waals surface area contributed by atoms with Gasteiger partial charge in [0.05, 0.1) is 6.61 Å². The molecule has 0 rings (SSSR count). The van der Waals surface area contributed by atoms with E-state index in [0.717, 1.165) is 32.1 Å². The molecule has 2 nitrogen and oxygen atoms in total. The van der Waals surface area contributed by atoms with Crippen LogP contribution in [0.4, 0.5) is 0 Å². The van der Waals surface area contributed by atoms with Crippen LogP contribution in [0.3, 0.4) is 0 Å². The molecule has 0 radical (unpaired) electrons. The lowest BCUT2D eigenvalue weighted by atomic mass is 10.1. The van der Waals surface area contributed by atoms with E-state index < -0.39 is 0 Å². The molecule has 21 heavy (non-hydrogen) atoms. The maximum Gasteiger partial charge on any atom is 0.305 e. The molecule has 0 aromatic carbocycles. The molecule has 0 aliphatic rings. The third kappa shape index (κ3) is 17.2. The lowest BCUT2D eigenvalue weighted by Crippen LogP contribution is -2.05. The molecule has 0 aliphatic heterocycles. The molecule has 0 saturated carbocycles. The smallest absolute Gasteiger partial charge is 0.305 e. The van der Waals surface area contributed by atoms with Crippen molar-refractivity contribution in [1.82, 2.24) is 0 Å². The Hall–Kier alpha value is -0.790. The van der Waals surface area contributed by atoms with Crippen molar-refractivity contribution >= 4 is 5.97 Å². The van der Waals surface area contributed by atoms with E-state index in [1.54, 1.807) is 0 Å². The summed E-state index contributed by atoms with van der Waals surface area (Å²) in [5.41, 5.74) is 0. The zero-order chi connectivity index (χ0) is 15.6. The van der Waals surface area contributed by atoms with E-state index in [1.807, 2.05) is 0 Å². The van der Waals surface area contributed by atoms with Crippen molar-refractivity contribution in [3.8, 4) is 0 Å². The summed E-state index contributed by atoms with van der Waals surface area (Å²) in [6.45, 7) is 4.95. The zero-order valence-electron chi connectivity index (χ0n) is 14.4. The van der Waals surface area contributed by atoms with Gasteiger partial charge in [-0.05, 0) is 38.5 Å². The molecular formula is C19H36O2. The zero-order valence-corrected chi connectivity index (χ0v) is 14.4. The first-order valence-electron chi connectivity index (χ1n) is 9.11. The van der Waals surface area contributed by atoms with E-state index in [0.29, 0.717) is 13.0 Å². The minimum Gasteiger partial charge on any atom is -0.466 e. The van der Waals surface area contributed by atoms with Crippen molar-refractivity contribution in [2.45, 2.75) is 97.3 Å². The molecule has 0 heterocycles. The van der Waals surface area contributed by atoms with E-state index in [9.17, 15) is 4.79 Å². The monoisotopic (exact) mass is 296 g/mol. The molecule has 0 unspecified atom stereocenters. The van der Waals surface area contributed by atoms with Gasteiger partial charge in [-0.2, -0.15) is 0 Å². The molecule has 0 bridgehead atoms. The number of ether oxygens (including phenoxy) is 1. The molecule has 0 aromatic heterocycles. The average Bonchev–Trinajstić information content (AvgIpc) is 2.48. The van der Waals surface area contributed by atoms with Crippen LogP contribution >= 0.6 is 0 Å². The molecule has 0 spiro atoms. The lowest BCUT2D eigenvalue weighted by molar-refractivity contribution is -0.143. The molecule has 0 aliphatic carbocycles. The second kappa shape index (κ2) is 17.3. The predicted molar refractivity (Wildman–Crippen MR) is 91.5 cm³/mol. The van der Waals surface area contributed by atoms with Gasteiger partial charge in [0.15, 0.2) is 0 Å². The summed E-state index contributed by atoms with van der Waals surface area (Å²) in [6, 6.07) is 0. The summed E-state index contributed by atoms with van der Waals surface area (Å²) >= 11 is 0. The Morgan fingerprint density at radius 3 is 2.00 bits per heavy atom. The van der Waals surface area contributed by atoms with E-state index in [4.69, 9.17) is 4.74 Å². The largest absolute Gasteiger partial charge is 0.466 e. The quantitative estimate of drug-likeness (QED) is 0.204. The Morgan fingerprint density at radius 2 is 1.33 bits per heavy atom. The van der Waals surface area contributed by atoms with Crippen molar-refractivity contribution < 1.29 is 9.53 Å². The molecule has 2 heteroatoms. The number of carbonyl (C=O) groups excluding carboxylic acids is 1. The average molecular weight is 296 g/mol. The third-order valence-corrected chi connectivity index (χ3v) is 3.65. The number of hydrogen-bond acceptors (Lipinski definition) is 2. The molecule has 0 aromatic rings. The highest BCUT2D eigenvalue weighted by atomic mass is 16.5. The van der Waals surface area contributed by atoms with Crippen LogP contribution in [0.5, 0.6) is 0 Å². The van der Waals surface area contributed by atoms with Gasteiger partial charge >= 0.3 is 5.97 Å². The van der Waals surface area contributed by atoms with Gasteiger partial charge in [-0.1, -0.05) is 64.5 Å². The first-order valence-corrected chi connectivity index (χ1v) is 9.11. The number of carbonyl (C=O) groups is 1. The molecule has 0 N–H and O–H groups in total. The first kappa shape index (κ1) is 20.2. The fourth-order valence-electron chi connectivity index (χ4n) is 2.21. The topological polar surface area (TPSA) is 26.3 Å². The highest BCUT2D eigenvalue weighted by molar-refractivity contribution is 5.69. The predicted octanol–water partition coefficient (Wildman–Crippen LogP) is 6.20. The van der Waals surface area contributed by atoms with Gasteiger partial charge in [-0.25, -0.2) is 0 Å². The maximum atomic E-state index is 11.4.